The van der Waals surface area contributed by atoms with Crippen LogP contribution in [0, 0.1) is 10.1 Å². The predicted molar refractivity (Wildman–Crippen MR) is 57.3 cm³/mol. The van der Waals surface area contributed by atoms with Crippen molar-refractivity contribution in [2.75, 3.05) is 0 Å². The quantitative estimate of drug-likeness (QED) is 0.318. The summed E-state index contributed by atoms with van der Waals surface area (Å²) in [7, 11) is -4.58. The summed E-state index contributed by atoms with van der Waals surface area (Å²) in [6.07, 6.45) is 0.733. The highest BCUT2D eigenvalue weighted by Crippen LogP contribution is 2.33. The first-order valence-electron chi connectivity index (χ1n) is 5.09. The number of carbonyl (C=O) groups is 1. The van der Waals surface area contributed by atoms with Gasteiger partial charge in [-0.2, -0.15) is 8.42 Å². The molecule has 0 spiro atoms. The van der Waals surface area contributed by atoms with Gasteiger partial charge in [-0.15, -0.1) is 0 Å². The SMILES string of the molecule is CC(=O)NC1([N+](=O)[O-])CCCCC1S(=O)(=O)O. The number of carbonyl (C=O) groups excluding carboxylic acids is 1. The van der Waals surface area contributed by atoms with Gasteiger partial charge in [0.1, 0.15) is 0 Å². The zero-order valence-corrected chi connectivity index (χ0v) is 10.1. The lowest BCUT2D eigenvalue weighted by Gasteiger charge is -2.34. The molecule has 1 amide bonds. The fourth-order valence-corrected chi connectivity index (χ4v) is 3.44. The Hall–Kier alpha value is -1.22. The van der Waals surface area contributed by atoms with Crippen LogP contribution in [0.3, 0.4) is 0 Å². The molecule has 9 heteroatoms. The summed E-state index contributed by atoms with van der Waals surface area (Å²) >= 11 is 0. The molecule has 1 fully saturated rings. The third-order valence-corrected chi connectivity index (χ3v) is 4.23. The molecule has 1 aliphatic carbocycles. The van der Waals surface area contributed by atoms with Gasteiger partial charge in [-0.3, -0.25) is 24.8 Å². The van der Waals surface area contributed by atoms with E-state index in [1.807, 2.05) is 0 Å². The van der Waals surface area contributed by atoms with E-state index in [9.17, 15) is 23.3 Å². The maximum absolute atomic E-state index is 11.2. The number of rotatable bonds is 3. The van der Waals surface area contributed by atoms with Crippen molar-refractivity contribution in [3.8, 4) is 0 Å². The van der Waals surface area contributed by atoms with Gasteiger partial charge in [-0.25, -0.2) is 0 Å². The van der Waals surface area contributed by atoms with Crippen molar-refractivity contribution in [2.24, 2.45) is 0 Å². The summed E-state index contributed by atoms with van der Waals surface area (Å²) in [5, 5.41) is 11.6. The summed E-state index contributed by atoms with van der Waals surface area (Å²) in [4.78, 5) is 21.3. The average molecular weight is 266 g/mol. The van der Waals surface area contributed by atoms with Crippen molar-refractivity contribution in [1.82, 2.24) is 5.32 Å². The van der Waals surface area contributed by atoms with Gasteiger partial charge < -0.3 is 0 Å². The minimum absolute atomic E-state index is 0.0416. The van der Waals surface area contributed by atoms with Crippen LogP contribution in [0.2, 0.25) is 0 Å². The van der Waals surface area contributed by atoms with Crippen LogP contribution >= 0.6 is 0 Å². The highest BCUT2D eigenvalue weighted by Gasteiger charge is 2.58. The lowest BCUT2D eigenvalue weighted by molar-refractivity contribution is -0.578. The molecule has 2 N–H and O–H groups in total. The van der Waals surface area contributed by atoms with E-state index in [-0.39, 0.29) is 12.8 Å². The second kappa shape index (κ2) is 4.57. The highest BCUT2D eigenvalue weighted by molar-refractivity contribution is 7.86. The first kappa shape index (κ1) is 13.8. The Morgan fingerprint density at radius 2 is 2.12 bits per heavy atom. The fraction of sp³-hybridized carbons (Fsp3) is 0.875. The van der Waals surface area contributed by atoms with Crippen molar-refractivity contribution in [1.29, 1.82) is 0 Å². The number of hydrogen-bond acceptors (Lipinski definition) is 5. The second-order valence-corrected chi connectivity index (χ2v) is 5.71. The monoisotopic (exact) mass is 266 g/mol. The number of nitrogens with one attached hydrogen (secondary N) is 1. The van der Waals surface area contributed by atoms with E-state index in [2.05, 4.69) is 5.32 Å². The molecule has 1 saturated carbocycles. The van der Waals surface area contributed by atoms with Crippen LogP contribution in [0.5, 0.6) is 0 Å². The summed E-state index contributed by atoms with van der Waals surface area (Å²) in [6, 6.07) is 0. The van der Waals surface area contributed by atoms with Gasteiger partial charge in [0.05, 0.1) is 4.92 Å². The Morgan fingerprint density at radius 1 is 1.53 bits per heavy atom. The van der Waals surface area contributed by atoms with Crippen molar-refractivity contribution >= 4 is 16.0 Å². The summed E-state index contributed by atoms with van der Waals surface area (Å²) < 4.78 is 31.4. The number of amides is 1. The molecule has 2 unspecified atom stereocenters. The van der Waals surface area contributed by atoms with E-state index in [1.54, 1.807) is 0 Å². The number of nitro groups is 1. The highest BCUT2D eigenvalue weighted by atomic mass is 32.2. The molecule has 17 heavy (non-hydrogen) atoms. The topological polar surface area (TPSA) is 127 Å². The van der Waals surface area contributed by atoms with E-state index in [0.29, 0.717) is 12.8 Å². The molecule has 8 nitrogen and oxygen atoms in total. The van der Waals surface area contributed by atoms with Crippen LogP contribution in [0.4, 0.5) is 0 Å². The smallest absolute Gasteiger partial charge is 0.291 e. The Bertz CT molecular complexity index is 433. The number of nitrogens with zero attached hydrogens (tertiary/aromatic N) is 1. The molecular formula is C8H14N2O6S. The van der Waals surface area contributed by atoms with Crippen molar-refractivity contribution in [3.05, 3.63) is 10.1 Å². The van der Waals surface area contributed by atoms with Gasteiger partial charge in [0.2, 0.25) is 5.91 Å². The largest absolute Gasteiger partial charge is 0.315 e. The van der Waals surface area contributed by atoms with Crippen molar-refractivity contribution in [3.63, 3.8) is 0 Å². The third kappa shape index (κ3) is 2.72. The van der Waals surface area contributed by atoms with Gasteiger partial charge >= 0.3 is 5.66 Å². The molecule has 98 valence electrons. The van der Waals surface area contributed by atoms with Gasteiger partial charge in [0.15, 0.2) is 5.25 Å². The molecular weight excluding hydrogens is 252 g/mol. The summed E-state index contributed by atoms with van der Waals surface area (Å²) in [5.41, 5.74) is -2.11. The maximum atomic E-state index is 11.2. The molecule has 0 radical (unpaired) electrons. The average Bonchev–Trinajstić information content (AvgIpc) is 2.15. The lowest BCUT2D eigenvalue weighted by atomic mass is 9.88. The van der Waals surface area contributed by atoms with Crippen molar-refractivity contribution in [2.45, 2.75) is 43.5 Å². The second-order valence-electron chi connectivity index (χ2n) is 4.11. The molecule has 0 heterocycles. The van der Waals surface area contributed by atoms with E-state index in [4.69, 9.17) is 4.55 Å². The fourth-order valence-electron chi connectivity index (χ4n) is 2.22. The first-order chi connectivity index (χ1) is 7.70. The van der Waals surface area contributed by atoms with Gasteiger partial charge in [-0.1, -0.05) is 6.42 Å². The standard InChI is InChI=1S/C8H14N2O6S/c1-6(11)9-8(10(12)13)5-3-2-4-7(8)17(14,15)16/h7H,2-5H2,1H3,(H,9,11)(H,14,15,16). The van der Waals surface area contributed by atoms with Gasteiger partial charge in [0, 0.05) is 13.3 Å². The molecule has 1 rings (SSSR count). The van der Waals surface area contributed by atoms with E-state index in [0.717, 1.165) is 6.92 Å². The Kier molecular flexibility index (Phi) is 3.72. The van der Waals surface area contributed by atoms with E-state index in [1.165, 1.54) is 0 Å². The first-order valence-corrected chi connectivity index (χ1v) is 6.60. The molecule has 1 aliphatic rings. The summed E-state index contributed by atoms with van der Waals surface area (Å²) in [5.74, 6) is -0.697. The molecule has 0 bridgehead atoms. The zero-order valence-electron chi connectivity index (χ0n) is 9.25. The number of hydrogen-bond donors (Lipinski definition) is 2. The third-order valence-electron chi connectivity index (χ3n) is 2.88. The van der Waals surface area contributed by atoms with Crippen LogP contribution < -0.4 is 5.32 Å². The van der Waals surface area contributed by atoms with Crippen LogP contribution in [0.25, 0.3) is 0 Å². The normalized spacial score (nSPS) is 29.6. The van der Waals surface area contributed by atoms with Crippen molar-refractivity contribution < 1.29 is 22.7 Å². The minimum atomic E-state index is -4.58. The van der Waals surface area contributed by atoms with Gasteiger partial charge in [0.25, 0.3) is 10.1 Å². The Labute approximate surface area is 98.3 Å². The van der Waals surface area contributed by atoms with Crippen LogP contribution in [0.1, 0.15) is 32.6 Å². The molecule has 0 aromatic rings. The Morgan fingerprint density at radius 3 is 2.53 bits per heavy atom. The van der Waals surface area contributed by atoms with E-state index >= 15 is 0 Å². The van der Waals surface area contributed by atoms with Crippen LogP contribution in [-0.2, 0) is 14.9 Å². The molecule has 0 aromatic carbocycles. The molecule has 0 saturated heterocycles. The van der Waals surface area contributed by atoms with E-state index < -0.39 is 31.9 Å². The van der Waals surface area contributed by atoms with Crippen LogP contribution in [-0.4, -0.2) is 34.7 Å². The van der Waals surface area contributed by atoms with Crippen LogP contribution in [0.15, 0.2) is 0 Å². The lowest BCUT2D eigenvalue weighted by Crippen LogP contribution is -2.64. The minimum Gasteiger partial charge on any atom is -0.291 e. The zero-order chi connectivity index (χ0) is 13.3. The van der Waals surface area contributed by atoms with Gasteiger partial charge in [-0.05, 0) is 12.8 Å². The Balaban J connectivity index is 3.23. The maximum Gasteiger partial charge on any atom is 0.315 e. The molecule has 0 aliphatic heterocycles. The summed E-state index contributed by atoms with van der Waals surface area (Å²) in [6.45, 7) is 1.07. The molecule has 2 atom stereocenters. The molecule has 0 aromatic heterocycles. The predicted octanol–water partition coefficient (Wildman–Crippen LogP) is -0.0741.